The number of rotatable bonds is 7. The highest BCUT2D eigenvalue weighted by atomic mass is 32.2. The lowest BCUT2D eigenvalue weighted by molar-refractivity contribution is 0.538. The first-order chi connectivity index (χ1) is 8.17. The maximum absolute atomic E-state index is 13.4. The third-order valence-electron chi connectivity index (χ3n) is 2.51. The Hall–Kier alpha value is -0.610. The molecule has 0 heterocycles. The van der Waals surface area contributed by atoms with E-state index in [0.717, 1.165) is 31.2 Å². The second kappa shape index (κ2) is 7.67. The second-order valence-corrected chi connectivity index (χ2v) is 5.01. The van der Waals surface area contributed by atoms with Crippen LogP contribution in [0.3, 0.4) is 0 Å². The van der Waals surface area contributed by atoms with Gasteiger partial charge in [0.15, 0.2) is 0 Å². The first-order valence-electron chi connectivity index (χ1n) is 5.98. The molecule has 0 saturated carbocycles. The number of halogens is 2. The Balaban J connectivity index is 2.50. The van der Waals surface area contributed by atoms with E-state index in [1.165, 1.54) is 23.9 Å². The largest absolute Gasteiger partial charge is 0.313 e. The van der Waals surface area contributed by atoms with Crippen molar-refractivity contribution < 1.29 is 8.78 Å². The lowest BCUT2D eigenvalue weighted by Gasteiger charge is -2.16. The average Bonchev–Trinajstić information content (AvgIpc) is 2.33. The quantitative estimate of drug-likeness (QED) is 0.747. The van der Waals surface area contributed by atoms with E-state index in [1.807, 2.05) is 0 Å². The van der Waals surface area contributed by atoms with Gasteiger partial charge < -0.3 is 5.32 Å². The fourth-order valence-electron chi connectivity index (χ4n) is 1.45. The van der Waals surface area contributed by atoms with Crippen LogP contribution in [0.25, 0.3) is 0 Å². The van der Waals surface area contributed by atoms with Gasteiger partial charge in [0.1, 0.15) is 11.6 Å². The molecule has 0 amide bonds. The number of benzene rings is 1. The number of hydrogen-bond acceptors (Lipinski definition) is 2. The molecule has 1 aromatic rings. The molecule has 96 valence electrons. The molecule has 1 rings (SSSR count). The van der Waals surface area contributed by atoms with Crippen LogP contribution in [0.4, 0.5) is 8.78 Å². The minimum absolute atomic E-state index is 0.346. The normalized spacial score (nSPS) is 12.7. The monoisotopic (exact) mass is 259 g/mol. The number of thioether (sulfide) groups is 1. The van der Waals surface area contributed by atoms with Crippen molar-refractivity contribution in [1.82, 2.24) is 5.32 Å². The molecule has 0 bridgehead atoms. The number of hydrogen-bond donors (Lipinski definition) is 1. The van der Waals surface area contributed by atoms with Crippen molar-refractivity contribution in [1.29, 1.82) is 0 Å². The molecule has 0 aliphatic rings. The summed E-state index contributed by atoms with van der Waals surface area (Å²) >= 11 is 1.37. The molecule has 0 aliphatic carbocycles. The zero-order valence-corrected chi connectivity index (χ0v) is 11.1. The van der Waals surface area contributed by atoms with Crippen LogP contribution >= 0.6 is 11.8 Å². The summed E-state index contributed by atoms with van der Waals surface area (Å²) in [6.07, 6.45) is 2.07. The Morgan fingerprint density at radius 3 is 2.71 bits per heavy atom. The molecule has 1 aromatic carbocycles. The van der Waals surface area contributed by atoms with E-state index < -0.39 is 0 Å². The Kier molecular flexibility index (Phi) is 6.52. The fourth-order valence-corrected chi connectivity index (χ4v) is 2.58. The topological polar surface area (TPSA) is 12.0 Å². The molecule has 0 fully saturated rings. The molecule has 4 heteroatoms. The van der Waals surface area contributed by atoms with Gasteiger partial charge in [0, 0.05) is 16.7 Å². The van der Waals surface area contributed by atoms with Gasteiger partial charge in [-0.1, -0.05) is 13.8 Å². The van der Waals surface area contributed by atoms with E-state index in [1.54, 1.807) is 0 Å². The van der Waals surface area contributed by atoms with Crippen molar-refractivity contribution >= 4 is 11.8 Å². The van der Waals surface area contributed by atoms with Gasteiger partial charge in [-0.25, -0.2) is 8.78 Å². The molecule has 1 N–H and O–H groups in total. The lowest BCUT2D eigenvalue weighted by atomic mass is 10.2. The summed E-state index contributed by atoms with van der Waals surface area (Å²) in [5.74, 6) is 0.0295. The van der Waals surface area contributed by atoms with Crippen LogP contribution in [0, 0.1) is 11.6 Å². The summed E-state index contributed by atoms with van der Waals surface area (Å²) in [5, 5.41) is 3.39. The molecule has 0 aromatic heterocycles. The summed E-state index contributed by atoms with van der Waals surface area (Å²) in [7, 11) is 0. The van der Waals surface area contributed by atoms with Crippen LogP contribution in [0.1, 0.15) is 26.7 Å². The summed E-state index contributed by atoms with van der Waals surface area (Å²) < 4.78 is 26.3. The molecule has 1 nitrogen and oxygen atoms in total. The van der Waals surface area contributed by atoms with Crippen molar-refractivity contribution in [2.24, 2.45) is 0 Å². The summed E-state index contributed by atoms with van der Waals surface area (Å²) in [5.41, 5.74) is 0. The maximum atomic E-state index is 13.4. The SMILES string of the molecule is CCCNC(CC)CSc1cc(F)ccc1F. The molecule has 0 spiro atoms. The third-order valence-corrected chi connectivity index (χ3v) is 3.70. The molecule has 0 saturated heterocycles. The molecule has 17 heavy (non-hydrogen) atoms. The van der Waals surface area contributed by atoms with Gasteiger partial charge in [-0.2, -0.15) is 0 Å². The van der Waals surface area contributed by atoms with E-state index >= 15 is 0 Å². The fraction of sp³-hybridized carbons (Fsp3) is 0.538. The highest BCUT2D eigenvalue weighted by molar-refractivity contribution is 7.99. The Labute approximate surface area is 106 Å². The van der Waals surface area contributed by atoms with Crippen molar-refractivity contribution in [3.8, 4) is 0 Å². The zero-order chi connectivity index (χ0) is 12.7. The van der Waals surface area contributed by atoms with Crippen molar-refractivity contribution in [2.75, 3.05) is 12.3 Å². The maximum Gasteiger partial charge on any atom is 0.136 e. The van der Waals surface area contributed by atoms with Crippen LogP contribution in [-0.4, -0.2) is 18.3 Å². The Morgan fingerprint density at radius 2 is 2.06 bits per heavy atom. The van der Waals surface area contributed by atoms with Crippen LogP contribution < -0.4 is 5.32 Å². The van der Waals surface area contributed by atoms with Crippen LogP contribution in [0.15, 0.2) is 23.1 Å². The van der Waals surface area contributed by atoms with Gasteiger partial charge in [0.25, 0.3) is 0 Å². The molecule has 0 aliphatic heterocycles. The summed E-state index contributed by atoms with van der Waals surface area (Å²) in [6, 6.07) is 3.93. The molecular weight excluding hydrogens is 240 g/mol. The van der Waals surface area contributed by atoms with Gasteiger partial charge in [-0.3, -0.25) is 0 Å². The van der Waals surface area contributed by atoms with E-state index in [4.69, 9.17) is 0 Å². The van der Waals surface area contributed by atoms with Crippen LogP contribution in [0.2, 0.25) is 0 Å². The minimum Gasteiger partial charge on any atom is -0.313 e. The predicted octanol–water partition coefficient (Wildman–Crippen LogP) is 3.84. The van der Waals surface area contributed by atoms with Crippen LogP contribution in [-0.2, 0) is 0 Å². The van der Waals surface area contributed by atoms with Gasteiger partial charge >= 0.3 is 0 Å². The van der Waals surface area contributed by atoms with E-state index in [-0.39, 0.29) is 11.6 Å². The number of nitrogens with one attached hydrogen (secondary N) is 1. The predicted molar refractivity (Wildman–Crippen MR) is 69.5 cm³/mol. The van der Waals surface area contributed by atoms with Crippen LogP contribution in [0.5, 0.6) is 0 Å². The zero-order valence-electron chi connectivity index (χ0n) is 10.3. The first kappa shape index (κ1) is 14.5. The Bertz CT molecular complexity index is 344. The molecule has 1 unspecified atom stereocenters. The van der Waals surface area contributed by atoms with Gasteiger partial charge in [0.05, 0.1) is 0 Å². The van der Waals surface area contributed by atoms with Crippen molar-refractivity contribution in [3.05, 3.63) is 29.8 Å². The van der Waals surface area contributed by atoms with Gasteiger partial charge in [0.2, 0.25) is 0 Å². The van der Waals surface area contributed by atoms with Crippen molar-refractivity contribution in [3.63, 3.8) is 0 Å². The standard InChI is InChI=1S/C13H19F2NS/c1-3-7-16-11(4-2)9-17-13-8-10(14)5-6-12(13)15/h5-6,8,11,16H,3-4,7,9H2,1-2H3. The highest BCUT2D eigenvalue weighted by Gasteiger charge is 2.09. The average molecular weight is 259 g/mol. The molecular formula is C13H19F2NS. The highest BCUT2D eigenvalue weighted by Crippen LogP contribution is 2.23. The summed E-state index contributed by atoms with van der Waals surface area (Å²) in [6.45, 7) is 5.17. The van der Waals surface area contributed by atoms with Gasteiger partial charge in [-0.15, -0.1) is 11.8 Å². The molecule has 0 radical (unpaired) electrons. The second-order valence-electron chi connectivity index (χ2n) is 3.95. The third kappa shape index (κ3) is 5.04. The lowest BCUT2D eigenvalue weighted by Crippen LogP contribution is -2.31. The van der Waals surface area contributed by atoms with E-state index in [9.17, 15) is 8.78 Å². The first-order valence-corrected chi connectivity index (χ1v) is 6.97. The molecule has 1 atom stereocenters. The van der Waals surface area contributed by atoms with E-state index in [0.29, 0.717) is 10.9 Å². The minimum atomic E-state index is -0.386. The smallest absolute Gasteiger partial charge is 0.136 e. The van der Waals surface area contributed by atoms with Gasteiger partial charge in [-0.05, 0) is 37.6 Å². The summed E-state index contributed by atoms with van der Waals surface area (Å²) in [4.78, 5) is 0.391. The van der Waals surface area contributed by atoms with Crippen molar-refractivity contribution in [2.45, 2.75) is 37.6 Å². The van der Waals surface area contributed by atoms with E-state index in [2.05, 4.69) is 19.2 Å². The Morgan fingerprint density at radius 1 is 1.29 bits per heavy atom.